The summed E-state index contributed by atoms with van der Waals surface area (Å²) in [6.07, 6.45) is 1.96. The molecule has 0 spiro atoms. The van der Waals surface area contributed by atoms with Gasteiger partial charge >= 0.3 is 0 Å². The second kappa shape index (κ2) is 11.9. The number of hydrogen-bond acceptors (Lipinski definition) is 4. The number of carbonyl (C=O) groups is 1. The van der Waals surface area contributed by atoms with Gasteiger partial charge in [0.2, 0.25) is 0 Å². The van der Waals surface area contributed by atoms with Crippen molar-refractivity contribution in [2.45, 2.75) is 27.4 Å². The van der Waals surface area contributed by atoms with Crippen LogP contribution >= 0.6 is 39.3 Å². The van der Waals surface area contributed by atoms with Gasteiger partial charge in [-0.15, -0.1) is 0 Å². The summed E-state index contributed by atoms with van der Waals surface area (Å²) >= 11 is 11.0. The number of ether oxygens (including phenoxy) is 1. The Hall–Kier alpha value is -3.26. The van der Waals surface area contributed by atoms with E-state index in [4.69, 9.17) is 21.3 Å². The number of nitrogens with zero attached hydrogens (tertiary/aromatic N) is 3. The summed E-state index contributed by atoms with van der Waals surface area (Å²) in [4.78, 5) is 20.3. The maximum atomic E-state index is 13.2. The monoisotopic (exact) mass is 619 g/mol. The Morgan fingerprint density at radius 1 is 1.03 bits per heavy atom. The first kappa shape index (κ1) is 27.3. The number of amides is 1. The van der Waals surface area contributed by atoms with E-state index in [1.165, 1.54) is 11.8 Å². The molecule has 1 aliphatic heterocycles. The van der Waals surface area contributed by atoms with Crippen LogP contribution in [0.25, 0.3) is 11.8 Å². The third-order valence-electron chi connectivity index (χ3n) is 6.43. The molecule has 1 fully saturated rings. The third-order valence-corrected chi connectivity index (χ3v) is 8.67. The van der Waals surface area contributed by atoms with Crippen molar-refractivity contribution < 1.29 is 9.53 Å². The highest BCUT2D eigenvalue weighted by Gasteiger charge is 2.32. The number of thioether (sulfide) groups is 1. The first-order valence-electron chi connectivity index (χ1n) is 12.6. The largest absolute Gasteiger partial charge is 0.489 e. The van der Waals surface area contributed by atoms with Gasteiger partial charge < -0.3 is 9.30 Å². The number of carbonyl (C=O) groups excluding carboxylic acids is 1. The van der Waals surface area contributed by atoms with Crippen LogP contribution in [0, 0.1) is 13.8 Å². The molecule has 1 aromatic heterocycles. The highest BCUT2D eigenvalue weighted by molar-refractivity contribution is 9.10. The standard InChI is InChI=1S/C31H27BrClN3O2S/c1-4-35-30(37)29(39-31(35)34-24-10-15-27(32)28(33)18-24)17-23-16-20(2)36(21(23)3)25-11-13-26(14-12-25)38-19-22-8-6-5-7-9-22/h5-18H,4,19H2,1-3H3/b29-17+,34-31?. The van der Waals surface area contributed by atoms with Gasteiger partial charge in [-0.2, -0.15) is 0 Å². The van der Waals surface area contributed by atoms with Crippen LogP contribution in [0.3, 0.4) is 0 Å². The van der Waals surface area contributed by atoms with E-state index >= 15 is 0 Å². The zero-order chi connectivity index (χ0) is 27.5. The highest BCUT2D eigenvalue weighted by Crippen LogP contribution is 2.36. The van der Waals surface area contributed by atoms with Crippen LogP contribution in [0.2, 0.25) is 5.02 Å². The van der Waals surface area contributed by atoms with Crippen molar-refractivity contribution >= 4 is 62.1 Å². The van der Waals surface area contributed by atoms with Gasteiger partial charge in [0.1, 0.15) is 12.4 Å². The average molecular weight is 621 g/mol. The lowest BCUT2D eigenvalue weighted by Crippen LogP contribution is -2.28. The van der Waals surface area contributed by atoms with Gasteiger partial charge in [-0.05, 0) is 114 Å². The van der Waals surface area contributed by atoms with Crippen LogP contribution in [-0.4, -0.2) is 27.1 Å². The predicted molar refractivity (Wildman–Crippen MR) is 165 cm³/mol. The molecule has 8 heteroatoms. The average Bonchev–Trinajstić information content (AvgIpc) is 3.39. The summed E-state index contributed by atoms with van der Waals surface area (Å²) in [6.45, 7) is 7.15. The van der Waals surface area contributed by atoms with Gasteiger partial charge in [-0.1, -0.05) is 41.9 Å². The minimum absolute atomic E-state index is 0.0471. The van der Waals surface area contributed by atoms with Gasteiger partial charge in [0.15, 0.2) is 5.17 Å². The number of aliphatic imine (C=N–C) groups is 1. The van der Waals surface area contributed by atoms with Gasteiger partial charge in [-0.25, -0.2) is 4.99 Å². The summed E-state index contributed by atoms with van der Waals surface area (Å²) in [5.74, 6) is 0.771. The number of aromatic nitrogens is 1. The second-order valence-electron chi connectivity index (χ2n) is 9.08. The van der Waals surface area contributed by atoms with Gasteiger partial charge in [0.05, 0.1) is 15.6 Å². The Balaban J connectivity index is 1.37. The molecular formula is C31H27BrClN3O2S. The van der Waals surface area contributed by atoms with Crippen LogP contribution in [0.15, 0.2) is 93.2 Å². The third kappa shape index (κ3) is 6.01. The van der Waals surface area contributed by atoms with Gasteiger partial charge in [0.25, 0.3) is 5.91 Å². The lowest BCUT2D eigenvalue weighted by atomic mass is 10.2. The van der Waals surface area contributed by atoms with E-state index in [0.717, 1.165) is 38.4 Å². The summed E-state index contributed by atoms with van der Waals surface area (Å²) in [7, 11) is 0. The number of halogens is 2. The molecule has 5 rings (SSSR count). The number of rotatable bonds is 7. The van der Waals surface area contributed by atoms with Crippen molar-refractivity contribution in [3.8, 4) is 11.4 Å². The quantitative estimate of drug-likeness (QED) is 0.194. The summed E-state index contributed by atoms with van der Waals surface area (Å²) < 4.78 is 8.94. The molecule has 0 atom stereocenters. The zero-order valence-corrected chi connectivity index (χ0v) is 25.0. The number of aryl methyl sites for hydroxylation is 1. The van der Waals surface area contributed by atoms with E-state index in [1.807, 2.05) is 55.5 Å². The van der Waals surface area contributed by atoms with Crippen LogP contribution in [0.5, 0.6) is 5.75 Å². The van der Waals surface area contributed by atoms with Crippen molar-refractivity contribution in [1.29, 1.82) is 0 Å². The molecule has 198 valence electrons. The first-order chi connectivity index (χ1) is 18.8. The van der Waals surface area contributed by atoms with Crippen molar-refractivity contribution in [2.24, 2.45) is 4.99 Å². The van der Waals surface area contributed by atoms with E-state index in [1.54, 1.807) is 11.0 Å². The number of amidine groups is 1. The number of likely N-dealkylation sites (N-methyl/N-ethyl adjacent to an activating group) is 1. The highest BCUT2D eigenvalue weighted by atomic mass is 79.9. The minimum atomic E-state index is -0.0471. The molecule has 0 saturated carbocycles. The van der Waals surface area contributed by atoms with Crippen molar-refractivity contribution in [1.82, 2.24) is 9.47 Å². The zero-order valence-electron chi connectivity index (χ0n) is 21.8. The summed E-state index contributed by atoms with van der Waals surface area (Å²) in [5.41, 5.74) is 6.00. The number of hydrogen-bond donors (Lipinski definition) is 0. The molecule has 1 amide bonds. The Kier molecular flexibility index (Phi) is 8.31. The van der Waals surface area contributed by atoms with E-state index in [2.05, 4.69) is 64.7 Å². The van der Waals surface area contributed by atoms with Gasteiger partial charge in [-0.3, -0.25) is 9.69 Å². The summed E-state index contributed by atoms with van der Waals surface area (Å²) in [6, 6.07) is 25.8. The first-order valence-corrected chi connectivity index (χ1v) is 14.5. The van der Waals surface area contributed by atoms with Gasteiger partial charge in [0, 0.05) is 28.1 Å². The lowest BCUT2D eigenvalue weighted by Gasteiger charge is -2.12. The Bertz CT molecular complexity index is 1580. The van der Waals surface area contributed by atoms with Crippen molar-refractivity contribution in [3.05, 3.63) is 116 Å². The van der Waals surface area contributed by atoms with Crippen LogP contribution < -0.4 is 4.74 Å². The fourth-order valence-electron chi connectivity index (χ4n) is 4.44. The maximum absolute atomic E-state index is 13.2. The molecule has 0 radical (unpaired) electrons. The molecule has 4 aromatic rings. The van der Waals surface area contributed by atoms with Crippen LogP contribution in [0.4, 0.5) is 5.69 Å². The molecule has 5 nitrogen and oxygen atoms in total. The molecule has 1 aliphatic rings. The smallest absolute Gasteiger partial charge is 0.266 e. The molecule has 0 N–H and O–H groups in total. The Labute approximate surface area is 246 Å². The number of benzene rings is 3. The van der Waals surface area contributed by atoms with Crippen molar-refractivity contribution in [2.75, 3.05) is 6.54 Å². The fraction of sp³-hybridized carbons (Fsp3) is 0.161. The van der Waals surface area contributed by atoms with Crippen LogP contribution in [0.1, 0.15) is 29.4 Å². The van der Waals surface area contributed by atoms with E-state index < -0.39 is 0 Å². The molecule has 3 aromatic carbocycles. The van der Waals surface area contributed by atoms with E-state index in [9.17, 15) is 4.79 Å². The van der Waals surface area contributed by atoms with Crippen LogP contribution in [-0.2, 0) is 11.4 Å². The summed E-state index contributed by atoms with van der Waals surface area (Å²) in [5, 5.41) is 1.22. The maximum Gasteiger partial charge on any atom is 0.266 e. The molecule has 0 aliphatic carbocycles. The molecular weight excluding hydrogens is 594 g/mol. The molecule has 1 saturated heterocycles. The SMILES string of the molecule is CCN1C(=O)/C(=C\c2cc(C)n(-c3ccc(OCc4ccccc4)cc3)c2C)SC1=Nc1ccc(Br)c(Cl)c1. The van der Waals surface area contributed by atoms with E-state index in [0.29, 0.717) is 33.9 Å². The molecule has 39 heavy (non-hydrogen) atoms. The van der Waals surface area contributed by atoms with E-state index in [-0.39, 0.29) is 5.91 Å². The lowest BCUT2D eigenvalue weighted by molar-refractivity contribution is -0.122. The Morgan fingerprint density at radius 3 is 2.46 bits per heavy atom. The normalized spacial score (nSPS) is 15.5. The fourth-order valence-corrected chi connectivity index (χ4v) is 5.91. The molecule has 2 heterocycles. The topological polar surface area (TPSA) is 46.8 Å². The predicted octanol–water partition coefficient (Wildman–Crippen LogP) is 8.71. The second-order valence-corrected chi connectivity index (χ2v) is 11.4. The van der Waals surface area contributed by atoms with Crippen molar-refractivity contribution in [3.63, 3.8) is 0 Å². The minimum Gasteiger partial charge on any atom is -0.489 e. The molecule has 0 bridgehead atoms. The Morgan fingerprint density at radius 2 is 1.77 bits per heavy atom. The molecule has 0 unspecified atom stereocenters.